The van der Waals surface area contributed by atoms with Gasteiger partial charge in [0.05, 0.1) is 23.1 Å². The number of sulfonamides is 1. The van der Waals surface area contributed by atoms with Gasteiger partial charge in [-0.1, -0.05) is 0 Å². The lowest BCUT2D eigenvalue weighted by Gasteiger charge is -2.30. The molecule has 0 bridgehead atoms. The van der Waals surface area contributed by atoms with Gasteiger partial charge in [-0.05, 0) is 62.7 Å². The van der Waals surface area contributed by atoms with Crippen molar-refractivity contribution in [1.29, 1.82) is 0 Å². The molecule has 0 unspecified atom stereocenters. The number of halogens is 5. The first kappa shape index (κ1) is 28.9. The molecule has 1 aliphatic carbocycles. The maximum Gasteiger partial charge on any atom is 0.391 e. The average Bonchev–Trinajstić information content (AvgIpc) is 3.26. The van der Waals surface area contributed by atoms with Gasteiger partial charge in [0.25, 0.3) is 0 Å². The van der Waals surface area contributed by atoms with Gasteiger partial charge >= 0.3 is 6.18 Å². The molecule has 204 valence electrons. The first-order valence-corrected chi connectivity index (χ1v) is 13.2. The highest BCUT2D eigenvalue weighted by atomic mass is 32.2. The van der Waals surface area contributed by atoms with Crippen molar-refractivity contribution >= 4 is 28.4 Å². The molecule has 3 rings (SSSR count). The first-order valence-electron chi connectivity index (χ1n) is 11.8. The van der Waals surface area contributed by atoms with Crippen LogP contribution in [0.25, 0.3) is 0 Å². The van der Waals surface area contributed by atoms with E-state index in [-0.39, 0.29) is 42.3 Å². The molecule has 37 heavy (non-hydrogen) atoms. The lowest BCUT2D eigenvalue weighted by atomic mass is 9.79. The van der Waals surface area contributed by atoms with Crippen LogP contribution in [0.4, 0.5) is 22.0 Å². The number of carbonyl (C=O) groups excluding carboxylic acids is 1. The van der Waals surface area contributed by atoms with E-state index in [2.05, 4.69) is 22.0 Å². The summed E-state index contributed by atoms with van der Waals surface area (Å²) in [7, 11) is -2.75. The first-order chi connectivity index (χ1) is 17.4. The molecule has 1 amide bonds. The Morgan fingerprint density at radius 2 is 1.81 bits per heavy atom. The molecular formula is C24H29F5N4O3S. The fraction of sp³-hybridized carbons (Fsp3) is 0.542. The molecule has 0 aromatic heterocycles. The highest BCUT2D eigenvalue weighted by molar-refractivity contribution is 7.89. The summed E-state index contributed by atoms with van der Waals surface area (Å²) in [6, 6.07) is 2.68. The largest absolute Gasteiger partial charge is 0.391 e. The van der Waals surface area contributed by atoms with E-state index in [9.17, 15) is 35.2 Å². The van der Waals surface area contributed by atoms with Gasteiger partial charge in [0.1, 0.15) is 18.0 Å². The zero-order chi connectivity index (χ0) is 27.4. The van der Waals surface area contributed by atoms with Crippen molar-refractivity contribution in [2.45, 2.75) is 55.4 Å². The van der Waals surface area contributed by atoms with Gasteiger partial charge in [0, 0.05) is 31.6 Å². The van der Waals surface area contributed by atoms with Crippen molar-refractivity contribution in [2.75, 3.05) is 20.1 Å². The molecule has 1 saturated heterocycles. The summed E-state index contributed by atoms with van der Waals surface area (Å²) >= 11 is 0. The summed E-state index contributed by atoms with van der Waals surface area (Å²) in [5.74, 6) is -2.92. The number of hydrogen-bond acceptors (Lipinski definition) is 5. The van der Waals surface area contributed by atoms with Crippen LogP contribution in [0.1, 0.15) is 32.1 Å². The van der Waals surface area contributed by atoms with Crippen LogP contribution < -0.4 is 5.32 Å². The number of allylic oxidation sites excluding steroid dienone is 1. The van der Waals surface area contributed by atoms with Gasteiger partial charge in [0.2, 0.25) is 15.9 Å². The predicted octanol–water partition coefficient (Wildman–Crippen LogP) is 4.07. The molecule has 7 nitrogen and oxygen atoms in total. The third-order valence-corrected chi connectivity index (χ3v) is 8.64. The van der Waals surface area contributed by atoms with Crippen LogP contribution in [0.2, 0.25) is 0 Å². The topological polar surface area (TPSA) is 91.2 Å². The Morgan fingerprint density at radius 3 is 2.35 bits per heavy atom. The summed E-state index contributed by atoms with van der Waals surface area (Å²) in [6.07, 6.45) is -3.98. The maximum absolute atomic E-state index is 14.2. The van der Waals surface area contributed by atoms with Gasteiger partial charge in [-0.2, -0.15) is 17.5 Å². The molecule has 1 N–H and O–H groups in total. The quantitative estimate of drug-likeness (QED) is 0.392. The van der Waals surface area contributed by atoms with Crippen molar-refractivity contribution in [2.24, 2.45) is 21.8 Å². The van der Waals surface area contributed by atoms with E-state index in [4.69, 9.17) is 0 Å². The van der Waals surface area contributed by atoms with Gasteiger partial charge in [0.15, 0.2) is 0 Å². The number of amides is 1. The minimum absolute atomic E-state index is 0.000937. The van der Waals surface area contributed by atoms with Gasteiger partial charge in [-0.25, -0.2) is 17.2 Å². The normalized spacial score (nSPS) is 26.2. The lowest BCUT2D eigenvalue weighted by molar-refractivity contribution is -0.182. The van der Waals surface area contributed by atoms with E-state index in [0.717, 1.165) is 28.6 Å². The second kappa shape index (κ2) is 11.8. The molecule has 1 aromatic carbocycles. The van der Waals surface area contributed by atoms with Crippen molar-refractivity contribution < 1.29 is 35.2 Å². The molecule has 2 aliphatic rings. The number of hydrogen-bond donors (Lipinski definition) is 1. The smallest absolute Gasteiger partial charge is 0.349 e. The maximum atomic E-state index is 14.2. The molecule has 1 aromatic rings. The minimum Gasteiger partial charge on any atom is -0.349 e. The number of carbonyl (C=O) groups is 1. The standard InChI is InChI=1S/C24H29F5N4O3S/c1-30-19(12-21(31-2)15-3-5-16(6-4-15)24(27,28)29)13-32-23(34)22-11-18(26)14-33(22)37(35,36)20-9-7-17(25)8-10-20/h7-10,12,15-16,18,22H,1,3-6,11,13-14H2,2H3,(H,32,34)/b19-12-,31-21+/t15-,16-,18-,22+/m1/s1. The van der Waals surface area contributed by atoms with Crippen LogP contribution >= 0.6 is 0 Å². The Balaban J connectivity index is 1.67. The van der Waals surface area contributed by atoms with E-state index < -0.39 is 52.6 Å². The van der Waals surface area contributed by atoms with Gasteiger partial charge < -0.3 is 5.32 Å². The Labute approximate surface area is 212 Å². The highest BCUT2D eigenvalue weighted by Crippen LogP contribution is 2.40. The molecular weight excluding hydrogens is 519 g/mol. The lowest BCUT2D eigenvalue weighted by Crippen LogP contribution is -2.46. The van der Waals surface area contributed by atoms with Crippen LogP contribution in [0.3, 0.4) is 0 Å². The Morgan fingerprint density at radius 1 is 1.19 bits per heavy atom. The summed E-state index contributed by atoms with van der Waals surface area (Å²) < 4.78 is 93.1. The van der Waals surface area contributed by atoms with Crippen LogP contribution in [0.15, 0.2) is 50.9 Å². The van der Waals surface area contributed by atoms with Crippen LogP contribution in [-0.4, -0.2) is 69.6 Å². The molecule has 2 fully saturated rings. The second-order valence-electron chi connectivity index (χ2n) is 9.13. The third-order valence-electron chi connectivity index (χ3n) is 6.76. The average molecular weight is 549 g/mol. The molecule has 1 saturated carbocycles. The summed E-state index contributed by atoms with van der Waals surface area (Å²) in [6.45, 7) is 2.77. The van der Waals surface area contributed by atoms with E-state index in [0.29, 0.717) is 18.6 Å². The van der Waals surface area contributed by atoms with Gasteiger partial charge in [-0.3, -0.25) is 14.8 Å². The minimum atomic E-state index is -4.26. The van der Waals surface area contributed by atoms with E-state index >= 15 is 0 Å². The van der Waals surface area contributed by atoms with Crippen molar-refractivity contribution in [3.8, 4) is 0 Å². The summed E-state index contributed by atoms with van der Waals surface area (Å²) in [5.41, 5.74) is 0.803. The number of aliphatic imine (C=N–C) groups is 2. The molecule has 1 aliphatic heterocycles. The predicted molar refractivity (Wildman–Crippen MR) is 129 cm³/mol. The van der Waals surface area contributed by atoms with Crippen molar-refractivity contribution in [3.63, 3.8) is 0 Å². The Hall–Kier alpha value is -2.67. The Bertz CT molecular complexity index is 1140. The monoisotopic (exact) mass is 548 g/mol. The van der Waals surface area contributed by atoms with Crippen LogP contribution in [-0.2, 0) is 14.8 Å². The number of rotatable bonds is 8. The number of alkyl halides is 4. The summed E-state index contributed by atoms with van der Waals surface area (Å²) in [5, 5.41) is 2.54. The van der Waals surface area contributed by atoms with Crippen molar-refractivity contribution in [1.82, 2.24) is 9.62 Å². The molecule has 0 radical (unpaired) electrons. The second-order valence-corrected chi connectivity index (χ2v) is 11.0. The Kier molecular flexibility index (Phi) is 9.22. The molecule has 1 heterocycles. The zero-order valence-electron chi connectivity index (χ0n) is 20.2. The van der Waals surface area contributed by atoms with E-state index in [1.165, 1.54) is 7.05 Å². The molecule has 13 heteroatoms. The zero-order valence-corrected chi connectivity index (χ0v) is 21.0. The number of benzene rings is 1. The van der Waals surface area contributed by atoms with Gasteiger partial charge in [-0.15, -0.1) is 0 Å². The molecule has 2 atom stereocenters. The third kappa shape index (κ3) is 7.01. The SMILES string of the molecule is C=N/C(=C\C(=N/C)[C@H]1CC[C@H](C(F)(F)F)CC1)CNC(=O)[C@@H]1C[C@@H](F)CN1S(=O)(=O)c1ccc(F)cc1. The van der Waals surface area contributed by atoms with Crippen LogP contribution in [0, 0.1) is 17.7 Å². The summed E-state index contributed by atoms with van der Waals surface area (Å²) in [4.78, 5) is 20.6. The highest BCUT2D eigenvalue weighted by Gasteiger charge is 2.44. The van der Waals surface area contributed by atoms with Crippen LogP contribution in [0.5, 0.6) is 0 Å². The fourth-order valence-electron chi connectivity index (χ4n) is 4.70. The van der Waals surface area contributed by atoms with Crippen molar-refractivity contribution in [3.05, 3.63) is 41.9 Å². The number of nitrogens with one attached hydrogen (secondary N) is 1. The fourth-order valence-corrected chi connectivity index (χ4v) is 6.33. The van der Waals surface area contributed by atoms with E-state index in [1.807, 2.05) is 0 Å². The number of nitrogens with zero attached hydrogens (tertiary/aromatic N) is 3. The molecule has 0 spiro atoms. The van der Waals surface area contributed by atoms with E-state index in [1.54, 1.807) is 6.08 Å².